The third kappa shape index (κ3) is 1.89. The van der Waals surface area contributed by atoms with Crippen molar-refractivity contribution in [2.45, 2.75) is 6.92 Å². The highest BCUT2D eigenvalue weighted by atomic mass is 32.1. The van der Waals surface area contributed by atoms with Gasteiger partial charge in [-0.1, -0.05) is 0 Å². The quantitative estimate of drug-likeness (QED) is 0.790. The van der Waals surface area contributed by atoms with Crippen LogP contribution in [0, 0.1) is 6.92 Å². The van der Waals surface area contributed by atoms with Crippen LogP contribution in [0.15, 0.2) is 24.3 Å². The number of aldehydes is 1. The van der Waals surface area contributed by atoms with E-state index >= 15 is 0 Å². The lowest BCUT2D eigenvalue weighted by atomic mass is 10.2. The molecule has 0 unspecified atom stereocenters. The maximum atomic E-state index is 10.7. The normalized spacial score (nSPS) is 10.2. The van der Waals surface area contributed by atoms with Crippen molar-refractivity contribution < 1.29 is 9.90 Å². The highest BCUT2D eigenvalue weighted by molar-refractivity contribution is 7.16. The lowest BCUT2D eigenvalue weighted by molar-refractivity contribution is 0.112. The molecule has 1 N–H and O–H groups in total. The summed E-state index contributed by atoms with van der Waals surface area (Å²) in [5.41, 5.74) is 1.66. The Morgan fingerprint density at radius 3 is 2.53 bits per heavy atom. The Morgan fingerprint density at radius 2 is 2.00 bits per heavy atom. The van der Waals surface area contributed by atoms with Crippen molar-refractivity contribution >= 4 is 17.6 Å². The molecular formula is C11H9NO2S. The molecule has 0 aliphatic heterocycles. The van der Waals surface area contributed by atoms with Crippen LogP contribution in [0.5, 0.6) is 5.75 Å². The SMILES string of the molecule is Cc1nc(-c2ccc(O)cc2)sc1C=O. The van der Waals surface area contributed by atoms with Gasteiger partial charge in [-0.15, -0.1) is 11.3 Å². The summed E-state index contributed by atoms with van der Waals surface area (Å²) >= 11 is 1.36. The Labute approximate surface area is 91.0 Å². The van der Waals surface area contributed by atoms with Crippen molar-refractivity contribution in [3.8, 4) is 16.3 Å². The molecule has 4 heteroatoms. The molecule has 2 rings (SSSR count). The van der Waals surface area contributed by atoms with E-state index in [1.165, 1.54) is 11.3 Å². The summed E-state index contributed by atoms with van der Waals surface area (Å²) in [7, 11) is 0. The van der Waals surface area contributed by atoms with Crippen LogP contribution in [0.1, 0.15) is 15.4 Å². The molecule has 0 spiro atoms. The molecule has 0 atom stereocenters. The third-order valence-electron chi connectivity index (χ3n) is 2.05. The van der Waals surface area contributed by atoms with Gasteiger partial charge in [-0.2, -0.15) is 0 Å². The second kappa shape index (κ2) is 3.82. The fraction of sp³-hybridized carbons (Fsp3) is 0.0909. The van der Waals surface area contributed by atoms with Crippen LogP contribution in [-0.4, -0.2) is 16.4 Å². The first kappa shape index (κ1) is 9.86. The van der Waals surface area contributed by atoms with Gasteiger partial charge in [-0.3, -0.25) is 4.79 Å². The molecule has 0 radical (unpaired) electrons. The number of hydrogen-bond acceptors (Lipinski definition) is 4. The molecular weight excluding hydrogens is 210 g/mol. The molecule has 15 heavy (non-hydrogen) atoms. The molecule has 0 aliphatic carbocycles. The van der Waals surface area contributed by atoms with Crippen molar-refractivity contribution in [1.29, 1.82) is 0 Å². The molecule has 0 amide bonds. The lowest BCUT2D eigenvalue weighted by Gasteiger charge is -1.95. The first-order valence-electron chi connectivity index (χ1n) is 4.42. The van der Waals surface area contributed by atoms with Crippen LogP contribution in [-0.2, 0) is 0 Å². The molecule has 0 saturated heterocycles. The summed E-state index contributed by atoms with van der Waals surface area (Å²) in [4.78, 5) is 15.6. The summed E-state index contributed by atoms with van der Waals surface area (Å²) in [5, 5.41) is 9.94. The molecule has 76 valence electrons. The molecule has 2 aromatic rings. The summed E-state index contributed by atoms with van der Waals surface area (Å²) in [6.45, 7) is 1.81. The number of phenolic OH excluding ortho intramolecular Hbond substituents is 1. The monoisotopic (exact) mass is 219 g/mol. The number of carbonyl (C=O) groups excluding carboxylic acids is 1. The van der Waals surface area contributed by atoms with Crippen LogP contribution in [0.4, 0.5) is 0 Å². The number of phenols is 1. The van der Waals surface area contributed by atoms with E-state index in [9.17, 15) is 4.79 Å². The van der Waals surface area contributed by atoms with Gasteiger partial charge in [0.1, 0.15) is 10.8 Å². The zero-order chi connectivity index (χ0) is 10.8. The first-order chi connectivity index (χ1) is 7.20. The van der Waals surface area contributed by atoms with E-state index in [0.29, 0.717) is 4.88 Å². The van der Waals surface area contributed by atoms with Gasteiger partial charge in [-0.25, -0.2) is 4.98 Å². The number of aryl methyl sites for hydroxylation is 1. The maximum absolute atomic E-state index is 10.7. The highest BCUT2D eigenvalue weighted by Crippen LogP contribution is 2.27. The van der Waals surface area contributed by atoms with Gasteiger partial charge >= 0.3 is 0 Å². The van der Waals surface area contributed by atoms with Gasteiger partial charge in [0.15, 0.2) is 6.29 Å². The van der Waals surface area contributed by atoms with Crippen LogP contribution >= 0.6 is 11.3 Å². The number of thiazole rings is 1. The standard InChI is InChI=1S/C11H9NO2S/c1-7-10(6-13)15-11(12-7)8-2-4-9(14)5-3-8/h2-6,14H,1H3. The molecule has 0 saturated carbocycles. The van der Waals surface area contributed by atoms with E-state index in [-0.39, 0.29) is 5.75 Å². The zero-order valence-corrected chi connectivity index (χ0v) is 8.91. The fourth-order valence-corrected chi connectivity index (χ4v) is 2.13. The van der Waals surface area contributed by atoms with E-state index in [1.54, 1.807) is 24.3 Å². The first-order valence-corrected chi connectivity index (χ1v) is 5.24. The number of aromatic hydroxyl groups is 1. The number of rotatable bonds is 2. The van der Waals surface area contributed by atoms with Crippen LogP contribution in [0.3, 0.4) is 0 Å². The maximum Gasteiger partial charge on any atom is 0.161 e. The molecule has 1 aromatic carbocycles. The second-order valence-corrected chi connectivity index (χ2v) is 4.16. The Bertz CT molecular complexity index is 488. The van der Waals surface area contributed by atoms with E-state index in [1.807, 2.05) is 6.92 Å². The van der Waals surface area contributed by atoms with E-state index in [2.05, 4.69) is 4.98 Å². The third-order valence-corrected chi connectivity index (χ3v) is 3.19. The van der Waals surface area contributed by atoms with Crippen molar-refractivity contribution in [3.63, 3.8) is 0 Å². The molecule has 3 nitrogen and oxygen atoms in total. The smallest absolute Gasteiger partial charge is 0.161 e. The van der Waals surface area contributed by atoms with Gasteiger partial charge in [-0.05, 0) is 31.2 Å². The van der Waals surface area contributed by atoms with E-state index in [4.69, 9.17) is 5.11 Å². The van der Waals surface area contributed by atoms with E-state index in [0.717, 1.165) is 22.6 Å². The van der Waals surface area contributed by atoms with Crippen molar-refractivity contribution in [2.24, 2.45) is 0 Å². The Morgan fingerprint density at radius 1 is 1.33 bits per heavy atom. The minimum Gasteiger partial charge on any atom is -0.508 e. The Kier molecular flexibility index (Phi) is 2.51. The topological polar surface area (TPSA) is 50.2 Å². The van der Waals surface area contributed by atoms with Crippen molar-refractivity contribution in [2.75, 3.05) is 0 Å². The number of hydrogen-bond donors (Lipinski definition) is 1. The fourth-order valence-electron chi connectivity index (χ4n) is 1.25. The number of aromatic nitrogens is 1. The molecule has 0 bridgehead atoms. The van der Waals surface area contributed by atoms with Gasteiger partial charge in [0, 0.05) is 5.56 Å². The minimum atomic E-state index is 0.225. The lowest BCUT2D eigenvalue weighted by Crippen LogP contribution is -1.78. The minimum absolute atomic E-state index is 0.225. The molecule has 0 aliphatic rings. The average molecular weight is 219 g/mol. The summed E-state index contributed by atoms with van der Waals surface area (Å²) in [6.07, 6.45) is 0.816. The predicted molar refractivity (Wildman–Crippen MR) is 59.3 cm³/mol. The number of nitrogens with zero attached hydrogens (tertiary/aromatic N) is 1. The second-order valence-electron chi connectivity index (χ2n) is 3.13. The van der Waals surface area contributed by atoms with Gasteiger partial charge in [0.25, 0.3) is 0 Å². The predicted octanol–water partition coefficient (Wildman–Crippen LogP) is 2.64. The van der Waals surface area contributed by atoms with Crippen molar-refractivity contribution in [3.05, 3.63) is 34.8 Å². The van der Waals surface area contributed by atoms with E-state index < -0.39 is 0 Å². The molecule has 1 aromatic heterocycles. The van der Waals surface area contributed by atoms with Crippen LogP contribution < -0.4 is 0 Å². The Hall–Kier alpha value is -1.68. The summed E-state index contributed by atoms with van der Waals surface area (Å²) in [5.74, 6) is 0.225. The average Bonchev–Trinajstić information content (AvgIpc) is 2.61. The molecule has 1 heterocycles. The summed E-state index contributed by atoms with van der Waals surface area (Å²) < 4.78 is 0. The Balaban J connectivity index is 2.45. The van der Waals surface area contributed by atoms with Gasteiger partial charge in [0.05, 0.1) is 10.6 Å². The largest absolute Gasteiger partial charge is 0.508 e. The van der Waals surface area contributed by atoms with Crippen molar-refractivity contribution in [1.82, 2.24) is 4.98 Å². The van der Waals surface area contributed by atoms with Crippen LogP contribution in [0.2, 0.25) is 0 Å². The highest BCUT2D eigenvalue weighted by Gasteiger charge is 2.08. The number of carbonyl (C=O) groups is 1. The van der Waals surface area contributed by atoms with Crippen LogP contribution in [0.25, 0.3) is 10.6 Å². The van der Waals surface area contributed by atoms with Gasteiger partial charge < -0.3 is 5.11 Å². The summed E-state index contributed by atoms with van der Waals surface area (Å²) in [6, 6.07) is 6.77. The number of benzene rings is 1. The zero-order valence-electron chi connectivity index (χ0n) is 8.10. The van der Waals surface area contributed by atoms with Gasteiger partial charge in [0.2, 0.25) is 0 Å². The molecule has 0 fully saturated rings.